The van der Waals surface area contributed by atoms with Crippen LogP contribution in [0.2, 0.25) is 0 Å². The maximum atomic E-state index is 14.1. The average molecular weight is 800 g/mol. The van der Waals surface area contributed by atoms with Crippen molar-refractivity contribution >= 4 is 62.3 Å². The molecular formula is C46H47BrN4O4. The molecule has 5 aromatic carbocycles. The summed E-state index contributed by atoms with van der Waals surface area (Å²) >= 11 is 3.48. The van der Waals surface area contributed by atoms with Crippen molar-refractivity contribution in [3.63, 3.8) is 0 Å². The second-order valence-electron chi connectivity index (χ2n) is 13.9. The number of amides is 4. The molecule has 0 radical (unpaired) electrons. The van der Waals surface area contributed by atoms with Gasteiger partial charge in [0.1, 0.15) is 11.3 Å². The van der Waals surface area contributed by atoms with Crippen LogP contribution in [0.15, 0.2) is 146 Å². The van der Waals surface area contributed by atoms with E-state index in [1.54, 1.807) is 10.0 Å². The summed E-state index contributed by atoms with van der Waals surface area (Å²) in [5.41, 5.74) is 3.86. The Morgan fingerprint density at radius 1 is 0.491 bits per heavy atom. The quantitative estimate of drug-likeness (QED) is 0.0878. The predicted octanol–water partition coefficient (Wildman–Crippen LogP) is 10.1. The van der Waals surface area contributed by atoms with Gasteiger partial charge in [0.05, 0.1) is 22.7 Å². The fourth-order valence-electron chi connectivity index (χ4n) is 7.19. The zero-order valence-corrected chi connectivity index (χ0v) is 33.0. The van der Waals surface area contributed by atoms with Gasteiger partial charge < -0.3 is 0 Å². The maximum Gasteiger partial charge on any atom is 0.262 e. The number of hydrazine groups is 2. The highest BCUT2D eigenvalue weighted by atomic mass is 79.9. The Labute approximate surface area is 332 Å². The van der Waals surface area contributed by atoms with E-state index in [0.29, 0.717) is 42.0 Å². The number of unbranched alkanes of at least 4 members (excludes halogenated alkanes) is 2. The Bertz CT molecular complexity index is 1930. The van der Waals surface area contributed by atoms with Crippen LogP contribution in [0.1, 0.15) is 63.5 Å². The van der Waals surface area contributed by atoms with Crippen LogP contribution in [0, 0.1) is 11.3 Å². The van der Waals surface area contributed by atoms with E-state index in [2.05, 4.69) is 29.8 Å². The first-order chi connectivity index (χ1) is 26.8. The van der Waals surface area contributed by atoms with Crippen molar-refractivity contribution in [2.75, 3.05) is 20.0 Å². The third-order valence-electron chi connectivity index (χ3n) is 10.1. The number of rotatable bonds is 13. The zero-order chi connectivity index (χ0) is 38.8. The number of nitrogens with zero attached hydrogens (tertiary/aromatic N) is 4. The van der Waals surface area contributed by atoms with Crippen LogP contribution in [-0.4, -0.2) is 23.6 Å². The third-order valence-corrected chi connectivity index (χ3v) is 10.8. The molecule has 2 aliphatic heterocycles. The fourth-order valence-corrected chi connectivity index (χ4v) is 7.56. The van der Waals surface area contributed by atoms with Crippen molar-refractivity contribution in [3.8, 4) is 0 Å². The van der Waals surface area contributed by atoms with Gasteiger partial charge in [0, 0.05) is 5.33 Å². The molecule has 2 aliphatic rings. The molecule has 0 saturated carbocycles. The molecule has 0 unspecified atom stereocenters. The largest absolute Gasteiger partial charge is 0.272 e. The van der Waals surface area contributed by atoms with Crippen LogP contribution in [0.25, 0.3) is 0 Å². The van der Waals surface area contributed by atoms with Gasteiger partial charge in [-0.25, -0.2) is 20.0 Å². The van der Waals surface area contributed by atoms with Crippen molar-refractivity contribution in [3.05, 3.63) is 157 Å². The summed E-state index contributed by atoms with van der Waals surface area (Å²) in [5.74, 6) is -1.18. The van der Waals surface area contributed by atoms with Crippen molar-refractivity contribution in [2.24, 2.45) is 11.3 Å². The first kappa shape index (κ1) is 39.2. The van der Waals surface area contributed by atoms with E-state index in [0.717, 1.165) is 42.1 Å². The number of halogens is 1. The summed E-state index contributed by atoms with van der Waals surface area (Å²) in [7, 11) is 0. The Morgan fingerprint density at radius 2 is 0.855 bits per heavy atom. The van der Waals surface area contributed by atoms with Gasteiger partial charge in [0.2, 0.25) is 0 Å². The number of hydrogen-bond acceptors (Lipinski definition) is 4. The smallest absolute Gasteiger partial charge is 0.262 e. The van der Waals surface area contributed by atoms with E-state index in [-0.39, 0.29) is 23.6 Å². The standard InChI is InChI=1S/C27H27BrN2O2.C19H20N2O2/c1-2-3-18-27(19-21-14-16-22(20-28)17-15-21)25(31)29(23-10-6-4-7-11-23)30(26(27)32)24-12-8-5-9-13-24;1-2-3-14-17-18(22)20(15-10-6-4-7-11-15)21(19(17)23)16-12-8-5-9-13-16/h4-17H,2-3,18-20H2,1H3;4-13,17H,2-3,14H2,1H3. The molecule has 2 heterocycles. The lowest BCUT2D eigenvalue weighted by atomic mass is 9.76. The molecule has 7 rings (SSSR count). The lowest BCUT2D eigenvalue weighted by molar-refractivity contribution is -0.135. The molecule has 0 aromatic heterocycles. The number of anilines is 4. The SMILES string of the molecule is CCCCC1(Cc2ccc(CBr)cc2)C(=O)N(c2ccccc2)N(c2ccccc2)C1=O.CCCCC1C(=O)N(c2ccccc2)N(c2ccccc2)C1=O. The van der Waals surface area contributed by atoms with Gasteiger partial charge in [-0.15, -0.1) is 0 Å². The van der Waals surface area contributed by atoms with Gasteiger partial charge in [-0.05, 0) is 78.9 Å². The van der Waals surface area contributed by atoms with Gasteiger partial charge in [0.15, 0.2) is 0 Å². The fraction of sp³-hybridized carbons (Fsp3) is 0.261. The first-order valence-corrected chi connectivity index (χ1v) is 20.2. The van der Waals surface area contributed by atoms with E-state index in [1.807, 2.05) is 146 Å². The lowest BCUT2D eigenvalue weighted by Gasteiger charge is -2.27. The summed E-state index contributed by atoms with van der Waals surface area (Å²) in [6.45, 7) is 4.15. The molecule has 5 aromatic rings. The molecule has 282 valence electrons. The summed E-state index contributed by atoms with van der Waals surface area (Å²) < 4.78 is 0. The molecule has 0 N–H and O–H groups in total. The Balaban J connectivity index is 0.000000197. The van der Waals surface area contributed by atoms with E-state index >= 15 is 0 Å². The number of hydrogen-bond donors (Lipinski definition) is 0. The van der Waals surface area contributed by atoms with Crippen molar-refractivity contribution < 1.29 is 19.2 Å². The number of para-hydroxylation sites is 4. The number of carbonyl (C=O) groups excluding carboxylic acids is 4. The predicted molar refractivity (Wildman–Crippen MR) is 223 cm³/mol. The molecule has 2 saturated heterocycles. The summed E-state index contributed by atoms with van der Waals surface area (Å²) in [5, 5.41) is 6.94. The van der Waals surface area contributed by atoms with Crippen LogP contribution in [0.5, 0.6) is 0 Å². The maximum absolute atomic E-state index is 14.1. The molecule has 55 heavy (non-hydrogen) atoms. The van der Waals surface area contributed by atoms with Crippen LogP contribution in [0.4, 0.5) is 22.7 Å². The van der Waals surface area contributed by atoms with Crippen molar-refractivity contribution in [2.45, 2.75) is 64.1 Å². The van der Waals surface area contributed by atoms with Gasteiger partial charge in [0.25, 0.3) is 23.6 Å². The van der Waals surface area contributed by atoms with Gasteiger partial charge >= 0.3 is 0 Å². The third kappa shape index (κ3) is 8.27. The lowest BCUT2D eigenvalue weighted by Crippen LogP contribution is -2.41. The van der Waals surface area contributed by atoms with Gasteiger partial charge in [-0.2, -0.15) is 0 Å². The topological polar surface area (TPSA) is 81.2 Å². The Morgan fingerprint density at radius 3 is 1.22 bits per heavy atom. The highest BCUT2D eigenvalue weighted by molar-refractivity contribution is 9.08. The second kappa shape index (κ2) is 18.2. The van der Waals surface area contributed by atoms with E-state index in [1.165, 1.54) is 10.0 Å². The van der Waals surface area contributed by atoms with Crippen LogP contribution in [-0.2, 0) is 30.9 Å². The number of alkyl halides is 1. The van der Waals surface area contributed by atoms with Gasteiger partial charge in [-0.1, -0.05) is 153 Å². The summed E-state index contributed by atoms with van der Waals surface area (Å²) in [6.07, 6.45) is 5.07. The molecule has 2 fully saturated rings. The summed E-state index contributed by atoms with van der Waals surface area (Å²) in [6, 6.07) is 45.7. The second-order valence-corrected chi connectivity index (χ2v) is 14.4. The molecule has 9 heteroatoms. The first-order valence-electron chi connectivity index (χ1n) is 19.1. The van der Waals surface area contributed by atoms with E-state index in [9.17, 15) is 19.2 Å². The molecule has 0 atom stereocenters. The highest BCUT2D eigenvalue weighted by Gasteiger charge is 2.58. The minimum atomic E-state index is -1.13. The average Bonchev–Trinajstić information content (AvgIpc) is 3.61. The number of carbonyl (C=O) groups is 4. The van der Waals surface area contributed by atoms with Gasteiger partial charge in [-0.3, -0.25) is 19.2 Å². The zero-order valence-electron chi connectivity index (χ0n) is 31.4. The molecular weight excluding hydrogens is 752 g/mol. The minimum Gasteiger partial charge on any atom is -0.272 e. The molecule has 0 bridgehead atoms. The molecule has 0 aliphatic carbocycles. The van der Waals surface area contributed by atoms with Crippen LogP contribution < -0.4 is 20.0 Å². The van der Waals surface area contributed by atoms with E-state index < -0.39 is 11.3 Å². The molecule has 4 amide bonds. The van der Waals surface area contributed by atoms with Crippen molar-refractivity contribution in [1.29, 1.82) is 0 Å². The Kier molecular flexibility index (Phi) is 13.0. The number of benzene rings is 5. The highest BCUT2D eigenvalue weighted by Crippen LogP contribution is 2.44. The normalized spacial score (nSPS) is 15.5. The van der Waals surface area contributed by atoms with E-state index in [4.69, 9.17) is 0 Å². The van der Waals surface area contributed by atoms with Crippen LogP contribution >= 0.6 is 15.9 Å². The van der Waals surface area contributed by atoms with Crippen LogP contribution in [0.3, 0.4) is 0 Å². The minimum absolute atomic E-state index is 0.140. The summed E-state index contributed by atoms with van der Waals surface area (Å²) in [4.78, 5) is 54.0. The molecule has 0 spiro atoms. The molecule has 8 nitrogen and oxygen atoms in total. The monoisotopic (exact) mass is 798 g/mol. The Hall–Kier alpha value is -5.54. The van der Waals surface area contributed by atoms with Crippen molar-refractivity contribution in [1.82, 2.24) is 0 Å².